The van der Waals surface area contributed by atoms with E-state index >= 15 is 0 Å². The van der Waals surface area contributed by atoms with Gasteiger partial charge < -0.3 is 10.6 Å². The van der Waals surface area contributed by atoms with Gasteiger partial charge in [0.15, 0.2) is 5.96 Å². The number of hydrogen-bond donors (Lipinski definition) is 2. The molecule has 0 radical (unpaired) electrons. The predicted molar refractivity (Wildman–Crippen MR) is 95.3 cm³/mol. The van der Waals surface area contributed by atoms with E-state index in [9.17, 15) is 4.39 Å². The summed E-state index contributed by atoms with van der Waals surface area (Å²) in [6, 6.07) is 8.69. The van der Waals surface area contributed by atoms with Gasteiger partial charge in [-0.05, 0) is 30.2 Å². The second-order valence-corrected chi connectivity index (χ2v) is 6.13. The van der Waals surface area contributed by atoms with Crippen LogP contribution in [0.1, 0.15) is 11.1 Å². The van der Waals surface area contributed by atoms with Gasteiger partial charge in [-0.2, -0.15) is 0 Å². The van der Waals surface area contributed by atoms with E-state index in [1.165, 1.54) is 6.07 Å². The minimum atomic E-state index is -0.255. The fourth-order valence-electron chi connectivity index (χ4n) is 1.94. The lowest BCUT2D eigenvalue weighted by Crippen LogP contribution is -2.38. The van der Waals surface area contributed by atoms with Gasteiger partial charge in [-0.25, -0.2) is 9.37 Å². The van der Waals surface area contributed by atoms with Gasteiger partial charge in [0.25, 0.3) is 0 Å². The Bertz CT molecular complexity index is 676. The standard InChI is InChI=1S/C16H17BrClFN4/c1-20-16(21-7-6-11-2-5-15(18)22-9-11)23-10-12-3-4-13(17)8-14(12)19/h2-5,8-9H,6-7,10H2,1H3,(H2,20,21,23). The van der Waals surface area contributed by atoms with Crippen LogP contribution in [0.15, 0.2) is 46.0 Å². The fourth-order valence-corrected chi connectivity index (χ4v) is 2.39. The average molecular weight is 400 g/mol. The van der Waals surface area contributed by atoms with Crippen LogP contribution in [0.3, 0.4) is 0 Å². The van der Waals surface area contributed by atoms with Crippen molar-refractivity contribution in [3.8, 4) is 0 Å². The summed E-state index contributed by atoms with van der Waals surface area (Å²) in [4.78, 5) is 8.16. The summed E-state index contributed by atoms with van der Waals surface area (Å²) in [5.74, 6) is 0.365. The zero-order valence-electron chi connectivity index (χ0n) is 12.6. The molecule has 0 bridgehead atoms. The maximum absolute atomic E-state index is 13.8. The van der Waals surface area contributed by atoms with Crippen LogP contribution in [-0.2, 0) is 13.0 Å². The van der Waals surface area contributed by atoms with E-state index in [4.69, 9.17) is 11.6 Å². The molecule has 0 amide bonds. The van der Waals surface area contributed by atoms with Gasteiger partial charge in [-0.15, -0.1) is 0 Å². The molecule has 0 saturated heterocycles. The number of nitrogens with zero attached hydrogens (tertiary/aromatic N) is 2. The smallest absolute Gasteiger partial charge is 0.191 e. The highest BCUT2D eigenvalue weighted by Crippen LogP contribution is 2.14. The highest BCUT2D eigenvalue weighted by atomic mass is 79.9. The van der Waals surface area contributed by atoms with Crippen LogP contribution in [0.5, 0.6) is 0 Å². The van der Waals surface area contributed by atoms with Crippen LogP contribution in [-0.4, -0.2) is 24.5 Å². The first-order valence-electron chi connectivity index (χ1n) is 7.07. The molecule has 2 rings (SSSR count). The van der Waals surface area contributed by atoms with Crippen molar-refractivity contribution in [1.29, 1.82) is 0 Å². The fraction of sp³-hybridized carbons (Fsp3) is 0.250. The highest BCUT2D eigenvalue weighted by Gasteiger charge is 2.04. The molecule has 1 aromatic heterocycles. The Morgan fingerprint density at radius 2 is 2.13 bits per heavy atom. The van der Waals surface area contributed by atoms with Gasteiger partial charge in [0, 0.05) is 36.4 Å². The molecule has 0 aliphatic rings. The number of pyridine rings is 1. The average Bonchev–Trinajstić information content (AvgIpc) is 2.54. The third-order valence-corrected chi connectivity index (χ3v) is 3.90. The summed E-state index contributed by atoms with van der Waals surface area (Å²) in [5, 5.41) is 6.75. The Morgan fingerprint density at radius 1 is 1.30 bits per heavy atom. The largest absolute Gasteiger partial charge is 0.356 e. The lowest BCUT2D eigenvalue weighted by molar-refractivity contribution is 0.604. The summed E-state index contributed by atoms with van der Waals surface area (Å²) in [7, 11) is 1.68. The SMILES string of the molecule is CN=C(NCCc1ccc(Cl)nc1)NCc1ccc(Br)cc1F. The van der Waals surface area contributed by atoms with E-state index in [-0.39, 0.29) is 5.82 Å². The number of guanidine groups is 1. The lowest BCUT2D eigenvalue weighted by Gasteiger charge is -2.12. The summed E-state index contributed by atoms with van der Waals surface area (Å²) < 4.78 is 14.5. The third kappa shape index (κ3) is 5.80. The second-order valence-electron chi connectivity index (χ2n) is 4.83. The zero-order valence-corrected chi connectivity index (χ0v) is 15.0. The second kappa shape index (κ2) is 8.84. The van der Waals surface area contributed by atoms with E-state index in [2.05, 4.69) is 36.5 Å². The molecule has 0 aliphatic heterocycles. The lowest BCUT2D eigenvalue weighted by atomic mass is 10.2. The van der Waals surface area contributed by atoms with Crippen molar-refractivity contribution in [1.82, 2.24) is 15.6 Å². The molecule has 1 heterocycles. The number of rotatable bonds is 5. The van der Waals surface area contributed by atoms with Gasteiger partial charge in [0.1, 0.15) is 11.0 Å². The molecular formula is C16H17BrClFN4. The van der Waals surface area contributed by atoms with Crippen molar-refractivity contribution >= 4 is 33.5 Å². The maximum Gasteiger partial charge on any atom is 0.191 e. The van der Waals surface area contributed by atoms with Gasteiger partial charge in [0.2, 0.25) is 0 Å². The van der Waals surface area contributed by atoms with Crippen LogP contribution in [0.2, 0.25) is 5.15 Å². The van der Waals surface area contributed by atoms with Crippen LogP contribution in [0, 0.1) is 5.82 Å². The van der Waals surface area contributed by atoms with Crippen LogP contribution in [0.25, 0.3) is 0 Å². The van der Waals surface area contributed by atoms with Crippen LogP contribution >= 0.6 is 27.5 Å². The number of aliphatic imine (C=N–C) groups is 1. The Balaban J connectivity index is 1.80. The number of halogens is 3. The molecular weight excluding hydrogens is 383 g/mol. The van der Waals surface area contributed by atoms with Crippen molar-refractivity contribution in [3.05, 3.63) is 63.1 Å². The first-order valence-corrected chi connectivity index (χ1v) is 8.24. The summed E-state index contributed by atoms with van der Waals surface area (Å²) in [6.07, 6.45) is 2.54. The molecule has 0 aliphatic carbocycles. The first kappa shape index (κ1) is 17.7. The predicted octanol–water partition coefficient (Wildman–Crippen LogP) is 3.54. The van der Waals surface area contributed by atoms with Crippen molar-refractivity contribution in [3.63, 3.8) is 0 Å². The summed E-state index contributed by atoms with van der Waals surface area (Å²) in [6.45, 7) is 1.05. The Hall–Kier alpha value is -1.66. The van der Waals surface area contributed by atoms with Crippen molar-refractivity contribution in [2.75, 3.05) is 13.6 Å². The molecule has 0 unspecified atom stereocenters. The molecule has 0 spiro atoms. The Kier molecular flexibility index (Phi) is 6.80. The van der Waals surface area contributed by atoms with E-state index < -0.39 is 0 Å². The molecule has 4 nitrogen and oxygen atoms in total. The maximum atomic E-state index is 13.8. The van der Waals surface area contributed by atoms with Crippen LogP contribution < -0.4 is 10.6 Å². The molecule has 0 atom stereocenters. The number of aromatic nitrogens is 1. The number of nitrogens with one attached hydrogen (secondary N) is 2. The van der Waals surface area contributed by atoms with Crippen molar-refractivity contribution in [2.45, 2.75) is 13.0 Å². The van der Waals surface area contributed by atoms with Gasteiger partial charge >= 0.3 is 0 Å². The first-order chi connectivity index (χ1) is 11.1. The van der Waals surface area contributed by atoms with E-state index in [1.807, 2.05) is 12.1 Å². The minimum Gasteiger partial charge on any atom is -0.356 e. The monoisotopic (exact) mass is 398 g/mol. The normalized spacial score (nSPS) is 11.4. The van der Waals surface area contributed by atoms with Gasteiger partial charge in [-0.1, -0.05) is 39.7 Å². The highest BCUT2D eigenvalue weighted by molar-refractivity contribution is 9.10. The summed E-state index contributed by atoms with van der Waals surface area (Å²) in [5.41, 5.74) is 1.66. The molecule has 23 heavy (non-hydrogen) atoms. The third-order valence-electron chi connectivity index (χ3n) is 3.18. The number of hydrogen-bond acceptors (Lipinski definition) is 2. The molecule has 2 aromatic rings. The topological polar surface area (TPSA) is 49.3 Å². The van der Waals surface area contributed by atoms with Gasteiger partial charge in [-0.3, -0.25) is 4.99 Å². The van der Waals surface area contributed by atoms with Crippen molar-refractivity contribution < 1.29 is 4.39 Å². The quantitative estimate of drug-likeness (QED) is 0.459. The minimum absolute atomic E-state index is 0.255. The van der Waals surface area contributed by atoms with E-state index in [1.54, 1.807) is 25.4 Å². The van der Waals surface area contributed by atoms with E-state index in [0.29, 0.717) is 29.8 Å². The molecule has 122 valence electrons. The Labute approximate surface area is 148 Å². The molecule has 7 heteroatoms. The van der Waals surface area contributed by atoms with E-state index in [0.717, 1.165) is 16.5 Å². The molecule has 2 N–H and O–H groups in total. The van der Waals surface area contributed by atoms with Gasteiger partial charge in [0.05, 0.1) is 0 Å². The molecule has 0 fully saturated rings. The van der Waals surface area contributed by atoms with Crippen LogP contribution in [0.4, 0.5) is 4.39 Å². The molecule has 1 aromatic carbocycles. The zero-order chi connectivity index (χ0) is 16.7. The number of benzene rings is 1. The molecule has 0 saturated carbocycles. The van der Waals surface area contributed by atoms with Crippen molar-refractivity contribution in [2.24, 2.45) is 4.99 Å². The Morgan fingerprint density at radius 3 is 2.78 bits per heavy atom. The summed E-state index contributed by atoms with van der Waals surface area (Å²) >= 11 is 8.99.